The van der Waals surface area contributed by atoms with Crippen molar-refractivity contribution in [3.05, 3.63) is 88.9 Å². The Morgan fingerprint density at radius 3 is 1.82 bits per heavy atom. The first kappa shape index (κ1) is 19.5. The molecule has 2 N–H and O–H groups in total. The minimum Gasteiger partial charge on any atom is -0.494 e. The third kappa shape index (κ3) is 5.11. The van der Waals surface area contributed by atoms with Gasteiger partial charge in [-0.2, -0.15) is 0 Å². The molecule has 3 rings (SSSR count). The topological polar surface area (TPSA) is 67.4 Å². The molecule has 0 atom stereocenters. The van der Waals surface area contributed by atoms with Crippen molar-refractivity contribution >= 4 is 34.8 Å². The van der Waals surface area contributed by atoms with E-state index in [1.165, 1.54) is 0 Å². The summed E-state index contributed by atoms with van der Waals surface area (Å²) in [4.78, 5) is 24.9. The monoisotopic (exact) mass is 394 g/mol. The Labute approximate surface area is 168 Å². The third-order valence-corrected chi connectivity index (χ3v) is 4.16. The lowest BCUT2D eigenvalue weighted by atomic mass is 10.1. The quantitative estimate of drug-likeness (QED) is 0.600. The van der Waals surface area contributed by atoms with E-state index in [0.29, 0.717) is 34.1 Å². The van der Waals surface area contributed by atoms with E-state index in [1.807, 2.05) is 6.92 Å². The van der Waals surface area contributed by atoms with E-state index >= 15 is 0 Å². The van der Waals surface area contributed by atoms with E-state index < -0.39 is 0 Å². The smallest absolute Gasteiger partial charge is 0.255 e. The van der Waals surface area contributed by atoms with Crippen molar-refractivity contribution in [2.45, 2.75) is 6.92 Å². The first-order valence-electron chi connectivity index (χ1n) is 8.76. The molecule has 3 aromatic rings. The highest BCUT2D eigenvalue weighted by molar-refractivity contribution is 6.30. The molecule has 0 aliphatic carbocycles. The molecule has 0 fully saturated rings. The van der Waals surface area contributed by atoms with Crippen LogP contribution in [-0.4, -0.2) is 18.4 Å². The van der Waals surface area contributed by atoms with Crippen LogP contribution in [0.1, 0.15) is 27.6 Å². The molecule has 0 aliphatic rings. The molecule has 0 aromatic heterocycles. The summed E-state index contributed by atoms with van der Waals surface area (Å²) in [6.07, 6.45) is 0. The Bertz CT molecular complexity index is 970. The maximum absolute atomic E-state index is 12.5. The maximum atomic E-state index is 12.5. The van der Waals surface area contributed by atoms with Gasteiger partial charge in [-0.25, -0.2) is 0 Å². The zero-order valence-electron chi connectivity index (χ0n) is 15.2. The van der Waals surface area contributed by atoms with Crippen LogP contribution in [0.25, 0.3) is 0 Å². The van der Waals surface area contributed by atoms with E-state index in [2.05, 4.69) is 10.6 Å². The maximum Gasteiger partial charge on any atom is 0.255 e. The fraction of sp³-hybridized carbons (Fsp3) is 0.0909. The number of ether oxygens (including phenoxy) is 1. The summed E-state index contributed by atoms with van der Waals surface area (Å²) in [6.45, 7) is 2.49. The molecule has 0 heterocycles. The van der Waals surface area contributed by atoms with Crippen LogP contribution in [0, 0.1) is 0 Å². The molecule has 28 heavy (non-hydrogen) atoms. The molecular formula is C22H19ClN2O3. The van der Waals surface area contributed by atoms with Crippen molar-refractivity contribution in [2.75, 3.05) is 17.2 Å². The average Bonchev–Trinajstić information content (AvgIpc) is 2.71. The summed E-state index contributed by atoms with van der Waals surface area (Å²) in [6, 6.07) is 20.4. The summed E-state index contributed by atoms with van der Waals surface area (Å²) in [5, 5.41) is 6.17. The highest BCUT2D eigenvalue weighted by Crippen LogP contribution is 2.18. The molecule has 0 spiro atoms. The normalized spacial score (nSPS) is 10.2. The summed E-state index contributed by atoms with van der Waals surface area (Å²) in [7, 11) is 0. The second-order valence-electron chi connectivity index (χ2n) is 5.95. The van der Waals surface area contributed by atoms with Gasteiger partial charge in [0.1, 0.15) is 5.75 Å². The van der Waals surface area contributed by atoms with Gasteiger partial charge in [-0.15, -0.1) is 0 Å². The molecular weight excluding hydrogens is 376 g/mol. The number of nitrogens with one attached hydrogen (secondary N) is 2. The van der Waals surface area contributed by atoms with Crippen molar-refractivity contribution in [3.63, 3.8) is 0 Å². The highest BCUT2D eigenvalue weighted by Gasteiger charge is 2.11. The number of carbonyl (C=O) groups excluding carboxylic acids is 2. The molecule has 0 radical (unpaired) electrons. The Morgan fingerprint density at radius 2 is 1.32 bits per heavy atom. The second kappa shape index (κ2) is 9.06. The van der Waals surface area contributed by atoms with Crippen molar-refractivity contribution < 1.29 is 14.3 Å². The van der Waals surface area contributed by atoms with Crippen LogP contribution in [0.3, 0.4) is 0 Å². The summed E-state index contributed by atoms with van der Waals surface area (Å²) < 4.78 is 5.38. The van der Waals surface area contributed by atoms with Gasteiger partial charge in [0.25, 0.3) is 11.8 Å². The summed E-state index contributed by atoms with van der Waals surface area (Å²) in [5.74, 6) is 0.129. The molecule has 3 aromatic carbocycles. The summed E-state index contributed by atoms with van der Waals surface area (Å²) in [5.41, 5.74) is 2.04. The van der Waals surface area contributed by atoms with Crippen LogP contribution in [0.15, 0.2) is 72.8 Å². The van der Waals surface area contributed by atoms with E-state index in [1.54, 1.807) is 72.8 Å². The minimum absolute atomic E-state index is 0.301. The molecule has 0 saturated heterocycles. The van der Waals surface area contributed by atoms with Crippen LogP contribution < -0.4 is 15.4 Å². The van der Waals surface area contributed by atoms with E-state index in [-0.39, 0.29) is 11.8 Å². The zero-order chi connectivity index (χ0) is 19.9. The second-order valence-corrected chi connectivity index (χ2v) is 6.39. The molecule has 5 nitrogen and oxygen atoms in total. The van der Waals surface area contributed by atoms with E-state index in [9.17, 15) is 9.59 Å². The molecule has 0 aliphatic heterocycles. The third-order valence-electron chi connectivity index (χ3n) is 3.91. The van der Waals surface area contributed by atoms with Gasteiger partial charge in [0, 0.05) is 27.5 Å². The van der Waals surface area contributed by atoms with Crippen LogP contribution >= 0.6 is 11.6 Å². The molecule has 2 amide bonds. The Kier molecular flexibility index (Phi) is 6.29. The largest absolute Gasteiger partial charge is 0.494 e. The fourth-order valence-electron chi connectivity index (χ4n) is 2.54. The highest BCUT2D eigenvalue weighted by atomic mass is 35.5. The van der Waals surface area contributed by atoms with Crippen LogP contribution in [-0.2, 0) is 0 Å². The average molecular weight is 395 g/mol. The Hall–Kier alpha value is -3.31. The lowest BCUT2D eigenvalue weighted by molar-refractivity contribution is 0.102. The number of amides is 2. The lowest BCUT2D eigenvalue weighted by Crippen LogP contribution is -2.15. The zero-order valence-corrected chi connectivity index (χ0v) is 16.0. The van der Waals surface area contributed by atoms with Gasteiger partial charge in [-0.3, -0.25) is 9.59 Å². The van der Waals surface area contributed by atoms with Gasteiger partial charge < -0.3 is 15.4 Å². The first-order valence-corrected chi connectivity index (χ1v) is 9.14. The van der Waals surface area contributed by atoms with Crippen molar-refractivity contribution in [3.8, 4) is 5.75 Å². The predicted molar refractivity (Wildman–Crippen MR) is 111 cm³/mol. The standard InChI is InChI=1S/C22H19ClN2O3/c1-2-28-20-12-10-19(11-13-20)25-22(27)16-5-3-4-15(14-16)21(26)24-18-8-6-17(23)7-9-18/h3-14H,2H2,1H3,(H,24,26)(H,25,27). The SMILES string of the molecule is CCOc1ccc(NC(=O)c2cccc(C(=O)Nc3ccc(Cl)cc3)c2)cc1. The molecule has 6 heteroatoms. The molecule has 0 saturated carbocycles. The van der Waals surface area contributed by atoms with Gasteiger partial charge in [0.15, 0.2) is 0 Å². The lowest BCUT2D eigenvalue weighted by Gasteiger charge is -2.09. The minimum atomic E-state index is -0.307. The van der Waals surface area contributed by atoms with Gasteiger partial charge >= 0.3 is 0 Å². The van der Waals surface area contributed by atoms with E-state index in [0.717, 1.165) is 5.75 Å². The number of hydrogen-bond donors (Lipinski definition) is 2. The number of carbonyl (C=O) groups is 2. The van der Waals surface area contributed by atoms with Crippen molar-refractivity contribution in [1.29, 1.82) is 0 Å². The van der Waals surface area contributed by atoms with Crippen LogP contribution in [0.2, 0.25) is 5.02 Å². The number of benzene rings is 3. The summed E-state index contributed by atoms with van der Waals surface area (Å²) >= 11 is 5.85. The van der Waals surface area contributed by atoms with Crippen molar-refractivity contribution in [1.82, 2.24) is 0 Å². The van der Waals surface area contributed by atoms with Crippen LogP contribution in [0.5, 0.6) is 5.75 Å². The van der Waals surface area contributed by atoms with Gasteiger partial charge in [-0.05, 0) is 73.7 Å². The number of hydrogen-bond acceptors (Lipinski definition) is 3. The van der Waals surface area contributed by atoms with Crippen molar-refractivity contribution in [2.24, 2.45) is 0 Å². The Morgan fingerprint density at radius 1 is 0.821 bits per heavy atom. The van der Waals surface area contributed by atoms with Gasteiger partial charge in [0.2, 0.25) is 0 Å². The molecule has 142 valence electrons. The number of halogens is 1. The van der Waals surface area contributed by atoms with Gasteiger partial charge in [0.05, 0.1) is 6.61 Å². The number of rotatable bonds is 6. The molecule has 0 bridgehead atoms. The van der Waals surface area contributed by atoms with Crippen LogP contribution in [0.4, 0.5) is 11.4 Å². The Balaban J connectivity index is 1.68. The fourth-order valence-corrected chi connectivity index (χ4v) is 2.67. The predicted octanol–water partition coefficient (Wildman–Crippen LogP) is 5.24. The number of anilines is 2. The van der Waals surface area contributed by atoms with E-state index in [4.69, 9.17) is 16.3 Å². The first-order chi connectivity index (χ1) is 13.5. The van der Waals surface area contributed by atoms with Gasteiger partial charge in [-0.1, -0.05) is 17.7 Å². The molecule has 0 unspecified atom stereocenters.